The smallest absolute Gasteiger partial charge is 0.307 e. The lowest BCUT2D eigenvalue weighted by atomic mass is 10.1. The van der Waals surface area contributed by atoms with Gasteiger partial charge in [-0.1, -0.05) is 0 Å². The van der Waals surface area contributed by atoms with E-state index >= 15 is 0 Å². The molecule has 0 radical (unpaired) electrons. The number of fused-ring (bicyclic) bond motifs is 1. The normalized spacial score (nSPS) is 11.1. The molecule has 0 fully saturated rings. The zero-order chi connectivity index (χ0) is 17.4. The summed E-state index contributed by atoms with van der Waals surface area (Å²) >= 11 is 1.47. The number of aromatic nitrogens is 1. The first-order chi connectivity index (χ1) is 11.4. The van der Waals surface area contributed by atoms with Crippen molar-refractivity contribution >= 4 is 28.2 Å². The molecule has 0 saturated heterocycles. The van der Waals surface area contributed by atoms with Crippen LogP contribution in [-0.2, 0) is 17.8 Å². The van der Waals surface area contributed by atoms with Gasteiger partial charge in [-0.25, -0.2) is 4.39 Å². The van der Waals surface area contributed by atoms with E-state index in [4.69, 9.17) is 9.84 Å². The Balaban J connectivity index is 2.16. The van der Waals surface area contributed by atoms with Crippen molar-refractivity contribution in [2.45, 2.75) is 19.9 Å². The van der Waals surface area contributed by atoms with Crippen molar-refractivity contribution in [3.63, 3.8) is 0 Å². The van der Waals surface area contributed by atoms with Gasteiger partial charge in [-0.2, -0.15) is 0 Å². The maximum atomic E-state index is 13.8. The second kappa shape index (κ2) is 6.16. The van der Waals surface area contributed by atoms with Gasteiger partial charge in [0.25, 0.3) is 0 Å². The Kier molecular flexibility index (Phi) is 4.19. The molecule has 0 bridgehead atoms. The highest BCUT2D eigenvalue weighted by atomic mass is 32.1. The molecule has 2 aromatic heterocycles. The third-order valence-corrected chi connectivity index (χ3v) is 5.03. The number of benzene rings is 1. The number of rotatable bonds is 5. The van der Waals surface area contributed by atoms with Crippen LogP contribution in [0.1, 0.15) is 16.1 Å². The second-order valence-electron chi connectivity index (χ2n) is 5.47. The van der Waals surface area contributed by atoms with Crippen LogP contribution in [0.15, 0.2) is 24.3 Å². The van der Waals surface area contributed by atoms with Crippen LogP contribution in [0, 0.1) is 12.7 Å². The van der Waals surface area contributed by atoms with E-state index in [1.165, 1.54) is 23.5 Å². The number of phenolic OH excluding ortho intramolecular Hbond substituents is 1. The average molecular weight is 349 g/mol. The number of halogens is 1. The molecule has 0 aliphatic heterocycles. The van der Waals surface area contributed by atoms with Crippen LogP contribution >= 0.6 is 11.3 Å². The van der Waals surface area contributed by atoms with E-state index in [-0.39, 0.29) is 6.42 Å². The summed E-state index contributed by atoms with van der Waals surface area (Å²) in [4.78, 5) is 12.2. The SMILES string of the molecule is COc1ccc(Cn2c(C)c(CC(=O)O)c3cc(O)c(F)cc32)s1. The Hall–Kier alpha value is -2.54. The third-order valence-electron chi connectivity index (χ3n) is 4.00. The quantitative estimate of drug-likeness (QED) is 0.739. The van der Waals surface area contributed by atoms with E-state index in [1.807, 2.05) is 16.7 Å². The van der Waals surface area contributed by atoms with Crippen LogP contribution in [0.4, 0.5) is 4.39 Å². The predicted octanol–water partition coefficient (Wildman–Crippen LogP) is 3.54. The minimum Gasteiger partial charge on any atom is -0.505 e. The molecule has 0 atom stereocenters. The summed E-state index contributed by atoms with van der Waals surface area (Å²) in [6.07, 6.45) is -0.186. The van der Waals surface area contributed by atoms with Gasteiger partial charge in [0.1, 0.15) is 0 Å². The topological polar surface area (TPSA) is 71.7 Å². The standard InChI is InChI=1S/C17H16FNO4S/c1-9-11(6-16(21)22)12-5-15(20)13(18)7-14(12)19(9)8-10-3-4-17(23-2)24-10/h3-5,7,20H,6,8H2,1-2H3,(H,21,22). The molecular formula is C17H16FNO4S. The summed E-state index contributed by atoms with van der Waals surface area (Å²) in [5.74, 6) is -2.19. The molecule has 2 N–H and O–H groups in total. The van der Waals surface area contributed by atoms with Crippen molar-refractivity contribution in [2.24, 2.45) is 0 Å². The van der Waals surface area contributed by atoms with E-state index in [0.29, 0.717) is 23.0 Å². The maximum absolute atomic E-state index is 13.8. The van der Waals surface area contributed by atoms with Gasteiger partial charge in [-0.3, -0.25) is 4.79 Å². The second-order valence-corrected chi connectivity index (χ2v) is 6.60. The molecule has 5 nitrogen and oxygen atoms in total. The minimum absolute atomic E-state index is 0.186. The van der Waals surface area contributed by atoms with Crippen molar-refractivity contribution in [1.29, 1.82) is 0 Å². The Labute approximate surface area is 141 Å². The first kappa shape index (κ1) is 16.3. The van der Waals surface area contributed by atoms with Crippen LogP contribution < -0.4 is 4.74 Å². The molecule has 0 aliphatic carbocycles. The molecule has 0 aliphatic rings. The van der Waals surface area contributed by atoms with E-state index in [9.17, 15) is 14.3 Å². The summed E-state index contributed by atoms with van der Waals surface area (Å²) in [6.45, 7) is 2.28. The summed E-state index contributed by atoms with van der Waals surface area (Å²) in [5.41, 5.74) is 1.88. The molecule has 3 rings (SSSR count). The molecule has 7 heteroatoms. The molecule has 0 spiro atoms. The van der Waals surface area contributed by atoms with Crippen LogP contribution in [-0.4, -0.2) is 27.9 Å². The van der Waals surface area contributed by atoms with Gasteiger partial charge >= 0.3 is 5.97 Å². The van der Waals surface area contributed by atoms with Gasteiger partial charge in [0.2, 0.25) is 0 Å². The van der Waals surface area contributed by atoms with Crippen molar-refractivity contribution < 1.29 is 24.1 Å². The number of aromatic hydroxyl groups is 1. The zero-order valence-electron chi connectivity index (χ0n) is 13.2. The number of carboxylic acid groups (broad SMARTS) is 1. The monoisotopic (exact) mass is 349 g/mol. The number of thiophene rings is 1. The minimum atomic E-state index is -0.973. The molecule has 24 heavy (non-hydrogen) atoms. The molecule has 1 aromatic carbocycles. The van der Waals surface area contributed by atoms with Crippen molar-refractivity contribution in [2.75, 3.05) is 7.11 Å². The third kappa shape index (κ3) is 2.82. The van der Waals surface area contributed by atoms with E-state index in [0.717, 1.165) is 15.6 Å². The Morgan fingerprint density at radius 3 is 2.75 bits per heavy atom. The molecule has 0 amide bonds. The lowest BCUT2D eigenvalue weighted by Gasteiger charge is -2.07. The van der Waals surface area contributed by atoms with Gasteiger partial charge in [0, 0.05) is 22.0 Å². The van der Waals surface area contributed by atoms with Gasteiger partial charge in [-0.05, 0) is 30.7 Å². The van der Waals surface area contributed by atoms with Gasteiger partial charge in [0.05, 0.1) is 25.6 Å². The first-order valence-electron chi connectivity index (χ1n) is 7.25. The number of hydrogen-bond acceptors (Lipinski definition) is 4. The summed E-state index contributed by atoms with van der Waals surface area (Å²) < 4.78 is 20.9. The van der Waals surface area contributed by atoms with Gasteiger partial charge < -0.3 is 19.5 Å². The summed E-state index contributed by atoms with van der Waals surface area (Å²) in [7, 11) is 1.59. The maximum Gasteiger partial charge on any atom is 0.307 e. The fraction of sp³-hybridized carbons (Fsp3) is 0.235. The Morgan fingerprint density at radius 2 is 2.12 bits per heavy atom. The molecule has 0 unspecified atom stereocenters. The van der Waals surface area contributed by atoms with Crippen LogP contribution in [0.3, 0.4) is 0 Å². The van der Waals surface area contributed by atoms with Gasteiger partial charge in [-0.15, -0.1) is 11.3 Å². The number of methoxy groups -OCH3 is 1. The highest BCUT2D eigenvalue weighted by Gasteiger charge is 2.19. The molecule has 126 valence electrons. The van der Waals surface area contributed by atoms with Crippen molar-refractivity contribution in [1.82, 2.24) is 4.57 Å². The van der Waals surface area contributed by atoms with Crippen LogP contribution in [0.2, 0.25) is 0 Å². The fourth-order valence-corrected chi connectivity index (χ4v) is 3.65. The largest absolute Gasteiger partial charge is 0.505 e. The van der Waals surface area contributed by atoms with E-state index in [1.54, 1.807) is 14.0 Å². The summed E-state index contributed by atoms with van der Waals surface area (Å²) in [5, 5.41) is 20.1. The highest BCUT2D eigenvalue weighted by Crippen LogP contribution is 2.33. The molecular weight excluding hydrogens is 333 g/mol. The number of aliphatic carboxylic acids is 1. The Morgan fingerprint density at radius 1 is 1.38 bits per heavy atom. The average Bonchev–Trinajstić information content (AvgIpc) is 3.07. The number of carboxylic acids is 1. The molecule has 0 saturated carbocycles. The number of carbonyl (C=O) groups is 1. The molecule has 3 aromatic rings. The first-order valence-corrected chi connectivity index (χ1v) is 8.07. The number of ether oxygens (including phenoxy) is 1. The number of hydrogen-bond donors (Lipinski definition) is 2. The van der Waals surface area contributed by atoms with Crippen molar-refractivity contribution in [3.05, 3.63) is 46.2 Å². The summed E-state index contributed by atoms with van der Waals surface area (Å²) in [6, 6.07) is 6.31. The lowest BCUT2D eigenvalue weighted by Crippen LogP contribution is -2.04. The Bertz CT molecular complexity index is 928. The number of phenols is 1. The van der Waals surface area contributed by atoms with Crippen molar-refractivity contribution in [3.8, 4) is 10.8 Å². The van der Waals surface area contributed by atoms with Gasteiger partial charge in [0.15, 0.2) is 16.6 Å². The van der Waals surface area contributed by atoms with E-state index < -0.39 is 17.5 Å². The highest BCUT2D eigenvalue weighted by molar-refractivity contribution is 7.13. The van der Waals surface area contributed by atoms with Crippen LogP contribution in [0.5, 0.6) is 10.8 Å². The van der Waals surface area contributed by atoms with Crippen LogP contribution in [0.25, 0.3) is 10.9 Å². The zero-order valence-corrected chi connectivity index (χ0v) is 14.0. The van der Waals surface area contributed by atoms with E-state index in [2.05, 4.69) is 0 Å². The predicted molar refractivity (Wildman–Crippen MR) is 89.6 cm³/mol. The fourth-order valence-electron chi connectivity index (χ4n) is 2.84. The number of nitrogens with zero attached hydrogens (tertiary/aromatic N) is 1. The lowest BCUT2D eigenvalue weighted by molar-refractivity contribution is -0.136. The molecule has 2 heterocycles.